The van der Waals surface area contributed by atoms with Gasteiger partial charge in [-0.2, -0.15) is 0 Å². The quantitative estimate of drug-likeness (QED) is 0.751. The molecular weight excluding hydrogens is 262 g/mol. The largest absolute Gasteiger partial charge is 0.272 e. The SMILES string of the molecule is O=C(CSC1CCS(=O)(=O)C1)N1CCCCO1. The Hall–Kier alpha value is -0.270. The molecule has 0 radical (unpaired) electrons. The number of carbonyl (C=O) groups excluding carboxylic acids is 1. The maximum atomic E-state index is 11.7. The Morgan fingerprint density at radius 1 is 1.41 bits per heavy atom. The molecule has 0 aromatic carbocycles. The van der Waals surface area contributed by atoms with E-state index in [0.29, 0.717) is 25.3 Å². The lowest BCUT2D eigenvalue weighted by Crippen LogP contribution is -2.37. The Bertz CT molecular complexity index is 376. The normalized spacial score (nSPS) is 28.2. The molecule has 2 aliphatic rings. The second kappa shape index (κ2) is 5.58. The minimum atomic E-state index is -2.85. The van der Waals surface area contributed by atoms with Gasteiger partial charge in [0, 0.05) is 11.8 Å². The van der Waals surface area contributed by atoms with Crippen molar-refractivity contribution in [1.82, 2.24) is 5.06 Å². The fourth-order valence-corrected chi connectivity index (χ4v) is 5.45. The topological polar surface area (TPSA) is 63.7 Å². The van der Waals surface area contributed by atoms with E-state index in [1.54, 1.807) is 0 Å². The molecule has 0 spiro atoms. The molecule has 0 N–H and O–H groups in total. The number of carbonyl (C=O) groups is 1. The predicted octanol–water partition coefficient (Wildman–Crippen LogP) is 0.461. The summed E-state index contributed by atoms with van der Waals surface area (Å²) in [4.78, 5) is 17.0. The van der Waals surface area contributed by atoms with E-state index in [4.69, 9.17) is 4.84 Å². The standard InChI is InChI=1S/C10H17NO4S2/c12-10(11-4-1-2-5-15-11)7-16-9-3-6-17(13,14)8-9/h9H,1-8H2. The van der Waals surface area contributed by atoms with E-state index in [2.05, 4.69) is 0 Å². The van der Waals surface area contributed by atoms with Crippen molar-refractivity contribution in [3.8, 4) is 0 Å². The molecule has 2 aliphatic heterocycles. The van der Waals surface area contributed by atoms with Crippen molar-refractivity contribution in [2.24, 2.45) is 0 Å². The van der Waals surface area contributed by atoms with Crippen LogP contribution in [0.15, 0.2) is 0 Å². The lowest BCUT2D eigenvalue weighted by molar-refractivity contribution is -0.194. The van der Waals surface area contributed by atoms with Gasteiger partial charge in [-0.15, -0.1) is 11.8 Å². The molecule has 1 atom stereocenters. The van der Waals surface area contributed by atoms with E-state index in [-0.39, 0.29) is 22.7 Å². The highest BCUT2D eigenvalue weighted by Gasteiger charge is 2.29. The number of hydrogen-bond acceptors (Lipinski definition) is 5. The Morgan fingerprint density at radius 3 is 2.82 bits per heavy atom. The average Bonchev–Trinajstić information content (AvgIpc) is 2.67. The van der Waals surface area contributed by atoms with Crippen LogP contribution in [0, 0.1) is 0 Å². The molecule has 1 unspecified atom stereocenters. The summed E-state index contributed by atoms with van der Waals surface area (Å²) >= 11 is 1.44. The molecule has 2 saturated heterocycles. The van der Waals surface area contributed by atoms with Crippen LogP contribution in [0.25, 0.3) is 0 Å². The van der Waals surface area contributed by atoms with Gasteiger partial charge in [-0.1, -0.05) is 0 Å². The van der Waals surface area contributed by atoms with Crippen LogP contribution in [0.5, 0.6) is 0 Å². The first-order chi connectivity index (χ1) is 8.07. The third-order valence-corrected chi connectivity index (χ3v) is 6.18. The van der Waals surface area contributed by atoms with Gasteiger partial charge in [0.15, 0.2) is 9.84 Å². The van der Waals surface area contributed by atoms with Gasteiger partial charge < -0.3 is 0 Å². The van der Waals surface area contributed by atoms with Gasteiger partial charge >= 0.3 is 0 Å². The van der Waals surface area contributed by atoms with Crippen LogP contribution in [-0.4, -0.2) is 55.0 Å². The van der Waals surface area contributed by atoms with Crippen molar-refractivity contribution in [3.63, 3.8) is 0 Å². The first-order valence-corrected chi connectivity index (χ1v) is 8.69. The molecule has 0 saturated carbocycles. The molecule has 7 heteroatoms. The summed E-state index contributed by atoms with van der Waals surface area (Å²) in [5.41, 5.74) is 0. The van der Waals surface area contributed by atoms with Gasteiger partial charge in [0.05, 0.1) is 23.9 Å². The fraction of sp³-hybridized carbons (Fsp3) is 0.900. The molecule has 2 rings (SSSR count). The monoisotopic (exact) mass is 279 g/mol. The summed E-state index contributed by atoms with van der Waals surface area (Å²) in [5, 5.41) is 1.49. The van der Waals surface area contributed by atoms with Crippen LogP contribution in [0.2, 0.25) is 0 Å². The van der Waals surface area contributed by atoms with Crippen molar-refractivity contribution in [3.05, 3.63) is 0 Å². The Labute approximate surface area is 106 Å². The van der Waals surface area contributed by atoms with Crippen LogP contribution in [0.1, 0.15) is 19.3 Å². The van der Waals surface area contributed by atoms with Gasteiger partial charge in [-0.25, -0.2) is 13.5 Å². The van der Waals surface area contributed by atoms with E-state index < -0.39 is 9.84 Å². The van der Waals surface area contributed by atoms with E-state index in [0.717, 1.165) is 12.8 Å². The van der Waals surface area contributed by atoms with E-state index in [1.807, 2.05) is 0 Å². The van der Waals surface area contributed by atoms with Crippen LogP contribution in [0.3, 0.4) is 0 Å². The number of hydrogen-bond donors (Lipinski definition) is 0. The van der Waals surface area contributed by atoms with E-state index in [9.17, 15) is 13.2 Å². The van der Waals surface area contributed by atoms with Crippen molar-refractivity contribution in [1.29, 1.82) is 0 Å². The zero-order valence-corrected chi connectivity index (χ0v) is 11.3. The van der Waals surface area contributed by atoms with Crippen molar-refractivity contribution in [2.45, 2.75) is 24.5 Å². The first-order valence-electron chi connectivity index (χ1n) is 5.82. The highest BCUT2D eigenvalue weighted by molar-refractivity contribution is 8.02. The second-order valence-electron chi connectivity index (χ2n) is 4.37. The number of sulfone groups is 1. The van der Waals surface area contributed by atoms with Crippen molar-refractivity contribution >= 4 is 27.5 Å². The lowest BCUT2D eigenvalue weighted by atomic mass is 10.3. The van der Waals surface area contributed by atoms with Gasteiger partial charge in [0.1, 0.15) is 0 Å². The molecule has 2 heterocycles. The summed E-state index contributed by atoms with van der Waals surface area (Å²) in [6.45, 7) is 1.26. The first kappa shape index (κ1) is 13.2. The summed E-state index contributed by atoms with van der Waals surface area (Å²) in [7, 11) is -2.85. The van der Waals surface area contributed by atoms with E-state index in [1.165, 1.54) is 16.8 Å². The summed E-state index contributed by atoms with van der Waals surface area (Å²) in [6.07, 6.45) is 2.65. The van der Waals surface area contributed by atoms with Gasteiger partial charge in [-0.05, 0) is 19.3 Å². The maximum Gasteiger partial charge on any atom is 0.256 e. The molecule has 98 valence electrons. The Kier molecular flexibility index (Phi) is 4.32. The zero-order chi connectivity index (χ0) is 12.3. The number of thioether (sulfide) groups is 1. The fourth-order valence-electron chi connectivity index (χ4n) is 1.95. The van der Waals surface area contributed by atoms with Gasteiger partial charge in [0.2, 0.25) is 0 Å². The van der Waals surface area contributed by atoms with Gasteiger partial charge in [0.25, 0.3) is 5.91 Å². The van der Waals surface area contributed by atoms with E-state index >= 15 is 0 Å². The number of amides is 1. The van der Waals surface area contributed by atoms with Crippen molar-refractivity contribution in [2.75, 3.05) is 30.4 Å². The summed E-state index contributed by atoms with van der Waals surface area (Å²) < 4.78 is 22.5. The van der Waals surface area contributed by atoms with Crippen molar-refractivity contribution < 1.29 is 18.0 Å². The van der Waals surface area contributed by atoms with Crippen LogP contribution in [0.4, 0.5) is 0 Å². The third-order valence-electron chi connectivity index (χ3n) is 2.91. The molecule has 0 aliphatic carbocycles. The smallest absolute Gasteiger partial charge is 0.256 e. The molecule has 0 aromatic rings. The zero-order valence-electron chi connectivity index (χ0n) is 9.63. The maximum absolute atomic E-state index is 11.7. The average molecular weight is 279 g/mol. The third kappa shape index (κ3) is 3.86. The molecule has 17 heavy (non-hydrogen) atoms. The molecule has 2 fully saturated rings. The van der Waals surface area contributed by atoms with Crippen LogP contribution < -0.4 is 0 Å². The molecule has 0 aromatic heterocycles. The summed E-state index contributed by atoms with van der Waals surface area (Å²) in [5.74, 6) is 0.754. The lowest BCUT2D eigenvalue weighted by Gasteiger charge is -2.26. The Morgan fingerprint density at radius 2 is 2.24 bits per heavy atom. The number of hydroxylamine groups is 2. The number of nitrogens with zero attached hydrogens (tertiary/aromatic N) is 1. The number of rotatable bonds is 3. The highest BCUT2D eigenvalue weighted by Crippen LogP contribution is 2.24. The van der Waals surface area contributed by atoms with Gasteiger partial charge in [-0.3, -0.25) is 9.63 Å². The predicted molar refractivity (Wildman–Crippen MR) is 66.4 cm³/mol. The molecular formula is C10H17NO4S2. The minimum Gasteiger partial charge on any atom is -0.272 e. The molecule has 5 nitrogen and oxygen atoms in total. The van der Waals surface area contributed by atoms with Crippen LogP contribution >= 0.6 is 11.8 Å². The molecule has 0 bridgehead atoms. The van der Waals surface area contributed by atoms with Crippen LogP contribution in [-0.2, 0) is 19.5 Å². The summed E-state index contributed by atoms with van der Waals surface area (Å²) in [6, 6.07) is 0. The molecule has 1 amide bonds. The second-order valence-corrected chi connectivity index (χ2v) is 7.89. The Balaban J connectivity index is 1.73. The highest BCUT2D eigenvalue weighted by atomic mass is 32.2. The minimum absolute atomic E-state index is 0.0426.